The fraction of sp³-hybridized carbons (Fsp3) is 0.192. The number of ketones is 2. The molecular weight excluding hydrogens is 358 g/mol. The number of rotatable bonds is 7. The fourth-order valence-electron chi connectivity index (χ4n) is 3.89. The molecule has 1 saturated carbocycles. The van der Waals surface area contributed by atoms with E-state index in [0.29, 0.717) is 23.1 Å². The summed E-state index contributed by atoms with van der Waals surface area (Å²) in [4.78, 5) is 25.8. The molecule has 0 heterocycles. The van der Waals surface area contributed by atoms with Gasteiger partial charge in [-0.25, -0.2) is 0 Å². The molecule has 4 rings (SSSR count). The van der Waals surface area contributed by atoms with Crippen molar-refractivity contribution in [3.05, 3.63) is 107 Å². The van der Waals surface area contributed by atoms with Gasteiger partial charge in [0, 0.05) is 23.0 Å². The van der Waals surface area contributed by atoms with Crippen molar-refractivity contribution < 1.29 is 9.59 Å². The van der Waals surface area contributed by atoms with Gasteiger partial charge in [-0.05, 0) is 30.0 Å². The van der Waals surface area contributed by atoms with E-state index in [-0.39, 0.29) is 17.0 Å². The Morgan fingerprint density at radius 1 is 0.862 bits per heavy atom. The third-order valence-corrected chi connectivity index (χ3v) is 5.72. The van der Waals surface area contributed by atoms with Crippen LogP contribution in [0.3, 0.4) is 0 Å². The first-order chi connectivity index (χ1) is 14.1. The van der Waals surface area contributed by atoms with E-state index in [4.69, 9.17) is 0 Å². The quantitative estimate of drug-likeness (QED) is 0.529. The van der Waals surface area contributed by atoms with Crippen LogP contribution >= 0.6 is 0 Å². The maximum absolute atomic E-state index is 13.0. The standard InChI is InChI=1S/C26H21NO2/c27-18-23(24(28)17-26(14-15-26)22-12-5-2-6-13-22)20-10-7-11-21(16-20)25(29)19-8-3-1-4-9-19/h1-13,16,23H,14-15,17H2. The van der Waals surface area contributed by atoms with Gasteiger partial charge in [0.25, 0.3) is 0 Å². The smallest absolute Gasteiger partial charge is 0.193 e. The molecule has 3 heteroatoms. The lowest BCUT2D eigenvalue weighted by Gasteiger charge is -2.17. The lowest BCUT2D eigenvalue weighted by Crippen LogP contribution is -2.19. The highest BCUT2D eigenvalue weighted by Gasteiger charge is 2.46. The molecule has 0 amide bonds. The van der Waals surface area contributed by atoms with Gasteiger partial charge in [-0.15, -0.1) is 0 Å². The molecule has 0 N–H and O–H groups in total. The molecule has 0 radical (unpaired) electrons. The van der Waals surface area contributed by atoms with E-state index in [2.05, 4.69) is 18.2 Å². The van der Waals surface area contributed by atoms with E-state index in [0.717, 1.165) is 18.4 Å². The Bertz CT molecular complexity index is 1080. The van der Waals surface area contributed by atoms with Crippen LogP contribution in [0.5, 0.6) is 0 Å². The minimum Gasteiger partial charge on any atom is -0.298 e. The minimum absolute atomic E-state index is 0.0850. The van der Waals surface area contributed by atoms with Crippen LogP contribution < -0.4 is 0 Å². The van der Waals surface area contributed by atoms with Crippen LogP contribution in [0.2, 0.25) is 0 Å². The Morgan fingerprint density at radius 2 is 1.48 bits per heavy atom. The molecule has 1 fully saturated rings. The van der Waals surface area contributed by atoms with Crippen LogP contribution in [0.1, 0.15) is 52.2 Å². The topological polar surface area (TPSA) is 57.9 Å². The zero-order chi connectivity index (χ0) is 20.3. The fourth-order valence-corrected chi connectivity index (χ4v) is 3.89. The summed E-state index contributed by atoms with van der Waals surface area (Å²) >= 11 is 0. The van der Waals surface area contributed by atoms with Gasteiger partial charge in [-0.1, -0.05) is 78.9 Å². The molecule has 1 aliphatic rings. The second-order valence-electron chi connectivity index (χ2n) is 7.67. The molecule has 0 bridgehead atoms. The number of nitriles is 1. The van der Waals surface area contributed by atoms with Gasteiger partial charge in [-0.3, -0.25) is 9.59 Å². The zero-order valence-corrected chi connectivity index (χ0v) is 16.0. The van der Waals surface area contributed by atoms with Crippen LogP contribution in [0.15, 0.2) is 84.9 Å². The average Bonchev–Trinajstić information content (AvgIpc) is 3.56. The first-order valence-corrected chi connectivity index (χ1v) is 9.80. The summed E-state index contributed by atoms with van der Waals surface area (Å²) in [6.07, 6.45) is 2.28. The summed E-state index contributed by atoms with van der Waals surface area (Å²) in [5.41, 5.74) is 2.70. The van der Waals surface area contributed by atoms with Crippen molar-refractivity contribution in [3.63, 3.8) is 0 Å². The first-order valence-electron chi connectivity index (χ1n) is 9.80. The van der Waals surface area contributed by atoms with Crippen molar-refractivity contribution in [3.8, 4) is 6.07 Å². The van der Waals surface area contributed by atoms with Gasteiger partial charge in [-0.2, -0.15) is 5.26 Å². The van der Waals surface area contributed by atoms with Crippen molar-refractivity contribution >= 4 is 11.6 Å². The number of hydrogen-bond acceptors (Lipinski definition) is 3. The van der Waals surface area contributed by atoms with Crippen molar-refractivity contribution in [1.82, 2.24) is 0 Å². The molecule has 0 aliphatic heterocycles. The largest absolute Gasteiger partial charge is 0.298 e. The van der Waals surface area contributed by atoms with Crippen LogP contribution in [0, 0.1) is 11.3 Å². The zero-order valence-electron chi connectivity index (χ0n) is 16.0. The third kappa shape index (κ3) is 3.88. The van der Waals surface area contributed by atoms with E-state index < -0.39 is 5.92 Å². The van der Waals surface area contributed by atoms with Gasteiger partial charge < -0.3 is 0 Å². The Morgan fingerprint density at radius 3 is 2.10 bits per heavy atom. The molecular formula is C26H21NO2. The molecule has 142 valence electrons. The summed E-state index contributed by atoms with van der Waals surface area (Å²) in [6, 6.07) is 28.1. The van der Waals surface area contributed by atoms with Crippen molar-refractivity contribution in [2.45, 2.75) is 30.6 Å². The van der Waals surface area contributed by atoms with Crippen molar-refractivity contribution in [2.24, 2.45) is 0 Å². The lowest BCUT2D eigenvalue weighted by atomic mass is 9.84. The SMILES string of the molecule is N#CC(C(=O)CC1(c2ccccc2)CC1)c1cccc(C(=O)c2ccccc2)c1. The van der Waals surface area contributed by atoms with Gasteiger partial charge in [0.2, 0.25) is 0 Å². The number of Topliss-reactive ketones (excluding diaryl/α,β-unsaturated/α-hetero) is 1. The number of benzene rings is 3. The van der Waals surface area contributed by atoms with E-state index in [1.807, 2.05) is 36.4 Å². The number of hydrogen-bond donors (Lipinski definition) is 0. The summed E-state index contributed by atoms with van der Waals surface area (Å²) in [5.74, 6) is -1.06. The van der Waals surface area contributed by atoms with Crippen LogP contribution in [-0.2, 0) is 10.2 Å². The number of nitrogens with zero attached hydrogens (tertiary/aromatic N) is 1. The molecule has 3 nitrogen and oxygen atoms in total. The highest BCUT2D eigenvalue weighted by molar-refractivity contribution is 6.09. The van der Waals surface area contributed by atoms with Gasteiger partial charge in [0.05, 0.1) is 6.07 Å². The van der Waals surface area contributed by atoms with E-state index in [9.17, 15) is 14.9 Å². The van der Waals surface area contributed by atoms with Crippen molar-refractivity contribution in [2.75, 3.05) is 0 Å². The molecule has 0 saturated heterocycles. The average molecular weight is 379 g/mol. The summed E-state index contributed by atoms with van der Waals surface area (Å²) in [5, 5.41) is 9.73. The summed E-state index contributed by atoms with van der Waals surface area (Å²) in [7, 11) is 0. The number of carbonyl (C=O) groups excluding carboxylic acids is 2. The maximum Gasteiger partial charge on any atom is 0.193 e. The second kappa shape index (κ2) is 7.85. The predicted octanol–water partition coefficient (Wildman–Crippen LogP) is 5.22. The van der Waals surface area contributed by atoms with E-state index >= 15 is 0 Å². The van der Waals surface area contributed by atoms with Gasteiger partial charge >= 0.3 is 0 Å². The second-order valence-corrected chi connectivity index (χ2v) is 7.67. The Labute approximate surface area is 170 Å². The number of carbonyl (C=O) groups is 2. The first kappa shape index (κ1) is 18.8. The lowest BCUT2D eigenvalue weighted by molar-refractivity contribution is -0.119. The van der Waals surface area contributed by atoms with E-state index in [1.165, 1.54) is 0 Å². The van der Waals surface area contributed by atoms with Crippen LogP contribution in [0.25, 0.3) is 0 Å². The molecule has 0 aromatic heterocycles. The Kier molecular flexibility index (Phi) is 5.10. The maximum atomic E-state index is 13.0. The highest BCUT2D eigenvalue weighted by Crippen LogP contribution is 2.51. The van der Waals surface area contributed by atoms with Crippen molar-refractivity contribution in [1.29, 1.82) is 5.26 Å². The molecule has 3 aromatic carbocycles. The van der Waals surface area contributed by atoms with Gasteiger partial charge in [0.15, 0.2) is 11.6 Å². The predicted molar refractivity (Wildman–Crippen MR) is 112 cm³/mol. The highest BCUT2D eigenvalue weighted by atomic mass is 16.1. The Balaban J connectivity index is 1.56. The summed E-state index contributed by atoms with van der Waals surface area (Å²) in [6.45, 7) is 0. The molecule has 29 heavy (non-hydrogen) atoms. The molecule has 3 aromatic rings. The van der Waals surface area contributed by atoms with E-state index in [1.54, 1.807) is 36.4 Å². The Hall–Kier alpha value is -3.51. The molecule has 1 unspecified atom stereocenters. The monoisotopic (exact) mass is 379 g/mol. The molecule has 1 atom stereocenters. The third-order valence-electron chi connectivity index (χ3n) is 5.72. The summed E-state index contributed by atoms with van der Waals surface area (Å²) < 4.78 is 0. The van der Waals surface area contributed by atoms with Crippen LogP contribution in [-0.4, -0.2) is 11.6 Å². The van der Waals surface area contributed by atoms with Crippen LogP contribution in [0.4, 0.5) is 0 Å². The molecule has 1 aliphatic carbocycles. The minimum atomic E-state index is -0.861. The normalized spacial score (nSPS) is 15.1. The molecule has 0 spiro atoms. The van der Waals surface area contributed by atoms with Gasteiger partial charge in [0.1, 0.15) is 5.92 Å².